The molecule has 1 unspecified atom stereocenters. The molecule has 2 aromatic carbocycles. The van der Waals surface area contributed by atoms with Gasteiger partial charge < -0.3 is 15.7 Å². The van der Waals surface area contributed by atoms with Crippen molar-refractivity contribution in [1.82, 2.24) is 5.32 Å². The van der Waals surface area contributed by atoms with E-state index in [-0.39, 0.29) is 17.2 Å². The molecule has 1 aliphatic heterocycles. The summed E-state index contributed by atoms with van der Waals surface area (Å²) < 4.78 is 0. The molecule has 1 fully saturated rings. The fraction of sp³-hybridized carbons (Fsp3) is 0.188. The van der Waals surface area contributed by atoms with E-state index < -0.39 is 17.9 Å². The third-order valence-electron chi connectivity index (χ3n) is 3.69. The Bertz CT molecular complexity index is 785. The molecule has 2 aromatic rings. The topological polar surface area (TPSA) is 95.5 Å². The zero-order valence-corrected chi connectivity index (χ0v) is 11.6. The number of hydrogen-bond donors (Lipinski definition) is 3. The number of anilines is 1. The van der Waals surface area contributed by atoms with Gasteiger partial charge in [-0.1, -0.05) is 24.3 Å². The van der Waals surface area contributed by atoms with Crippen LogP contribution in [0.1, 0.15) is 23.2 Å². The van der Waals surface area contributed by atoms with Crippen molar-refractivity contribution in [3.05, 3.63) is 42.0 Å². The number of carboxylic acid groups (broad SMARTS) is 1. The van der Waals surface area contributed by atoms with Crippen molar-refractivity contribution < 1.29 is 19.5 Å². The van der Waals surface area contributed by atoms with E-state index in [1.54, 1.807) is 6.07 Å². The van der Waals surface area contributed by atoms with Crippen LogP contribution in [0.4, 0.5) is 5.69 Å². The Morgan fingerprint density at radius 1 is 1.18 bits per heavy atom. The zero-order valence-electron chi connectivity index (χ0n) is 11.6. The van der Waals surface area contributed by atoms with Gasteiger partial charge in [-0.15, -0.1) is 0 Å². The lowest BCUT2D eigenvalue weighted by Gasteiger charge is -2.13. The summed E-state index contributed by atoms with van der Waals surface area (Å²) in [4.78, 5) is 34.7. The average Bonchev–Trinajstić information content (AvgIpc) is 2.93. The normalized spacial score (nSPS) is 17.3. The van der Waals surface area contributed by atoms with Crippen LogP contribution in [0.15, 0.2) is 36.4 Å². The molecular formula is C16H14N2O4. The number of nitrogens with one attached hydrogen (secondary N) is 2. The second-order valence-electron chi connectivity index (χ2n) is 5.20. The molecule has 0 radical (unpaired) electrons. The second kappa shape index (κ2) is 5.48. The van der Waals surface area contributed by atoms with E-state index in [1.165, 1.54) is 6.07 Å². The summed E-state index contributed by atoms with van der Waals surface area (Å²) in [7, 11) is 0. The first-order valence-electron chi connectivity index (χ1n) is 6.91. The molecule has 1 saturated heterocycles. The number of amides is 2. The fourth-order valence-electron chi connectivity index (χ4n) is 2.55. The average molecular weight is 298 g/mol. The molecule has 22 heavy (non-hydrogen) atoms. The molecular weight excluding hydrogens is 284 g/mol. The summed E-state index contributed by atoms with van der Waals surface area (Å²) in [5, 5.41) is 16.1. The van der Waals surface area contributed by atoms with Crippen LogP contribution in [0.25, 0.3) is 10.8 Å². The molecule has 6 nitrogen and oxygen atoms in total. The van der Waals surface area contributed by atoms with Crippen LogP contribution in [0, 0.1) is 0 Å². The van der Waals surface area contributed by atoms with Gasteiger partial charge in [0.25, 0.3) is 0 Å². The number of carboxylic acids is 1. The van der Waals surface area contributed by atoms with Gasteiger partial charge >= 0.3 is 5.97 Å². The number of carbonyl (C=O) groups excluding carboxylic acids is 2. The van der Waals surface area contributed by atoms with Gasteiger partial charge in [-0.05, 0) is 29.3 Å². The molecule has 112 valence electrons. The highest BCUT2D eigenvalue weighted by molar-refractivity contribution is 6.07. The molecule has 2 amide bonds. The third kappa shape index (κ3) is 2.63. The molecule has 3 N–H and O–H groups in total. The Morgan fingerprint density at radius 3 is 2.45 bits per heavy atom. The predicted octanol–water partition coefficient (Wildman–Crippen LogP) is 1.76. The molecule has 1 atom stereocenters. The predicted molar refractivity (Wildman–Crippen MR) is 80.7 cm³/mol. The van der Waals surface area contributed by atoms with Gasteiger partial charge in [-0.3, -0.25) is 9.59 Å². The van der Waals surface area contributed by atoms with Crippen LogP contribution < -0.4 is 10.6 Å². The second-order valence-corrected chi connectivity index (χ2v) is 5.20. The Kier molecular flexibility index (Phi) is 3.50. The highest BCUT2D eigenvalue weighted by Gasteiger charge is 2.28. The van der Waals surface area contributed by atoms with E-state index in [1.807, 2.05) is 24.3 Å². The minimum atomic E-state index is -1.11. The van der Waals surface area contributed by atoms with Crippen LogP contribution in [0.5, 0.6) is 0 Å². The molecule has 0 spiro atoms. The van der Waals surface area contributed by atoms with Gasteiger partial charge in [0, 0.05) is 6.42 Å². The molecule has 1 heterocycles. The van der Waals surface area contributed by atoms with Gasteiger partial charge in [0.2, 0.25) is 11.8 Å². The Balaban J connectivity index is 1.94. The lowest BCUT2D eigenvalue weighted by Crippen LogP contribution is -2.37. The van der Waals surface area contributed by atoms with Crippen molar-refractivity contribution in [3.63, 3.8) is 0 Å². The maximum absolute atomic E-state index is 12.2. The molecule has 1 aliphatic rings. The molecule has 6 heteroatoms. The Labute approximate surface area is 126 Å². The number of fused-ring (bicyclic) bond motifs is 1. The number of rotatable bonds is 3. The molecule has 0 aromatic heterocycles. The smallest absolute Gasteiger partial charge is 0.337 e. The van der Waals surface area contributed by atoms with Crippen LogP contribution in [-0.4, -0.2) is 28.9 Å². The van der Waals surface area contributed by atoms with E-state index in [0.29, 0.717) is 12.8 Å². The van der Waals surface area contributed by atoms with Gasteiger partial charge in [-0.25, -0.2) is 4.79 Å². The number of carbonyl (C=O) groups is 3. The van der Waals surface area contributed by atoms with Crippen molar-refractivity contribution in [2.75, 3.05) is 5.32 Å². The quantitative estimate of drug-likeness (QED) is 0.804. The SMILES string of the molecule is O=C1CCC(C(=O)Nc2cc3ccccc3cc2C(=O)O)N1. The van der Waals surface area contributed by atoms with Gasteiger partial charge in [0.05, 0.1) is 11.3 Å². The van der Waals surface area contributed by atoms with Gasteiger partial charge in [-0.2, -0.15) is 0 Å². The summed E-state index contributed by atoms with van der Waals surface area (Å²) in [6, 6.07) is 9.86. The highest BCUT2D eigenvalue weighted by Crippen LogP contribution is 2.25. The summed E-state index contributed by atoms with van der Waals surface area (Å²) in [6.07, 6.45) is 0.724. The first-order valence-corrected chi connectivity index (χ1v) is 6.91. The standard InChI is InChI=1S/C16H14N2O4/c19-14-6-5-12(17-14)15(20)18-13-8-10-4-2-1-3-9(10)7-11(13)16(21)22/h1-4,7-8,12H,5-6H2,(H,17,19)(H,18,20)(H,21,22). The molecule has 0 saturated carbocycles. The van der Waals surface area contributed by atoms with Crippen molar-refractivity contribution in [1.29, 1.82) is 0 Å². The first-order chi connectivity index (χ1) is 10.5. The lowest BCUT2D eigenvalue weighted by atomic mass is 10.0. The summed E-state index contributed by atoms with van der Waals surface area (Å²) in [5.41, 5.74) is 0.258. The van der Waals surface area contributed by atoms with Crippen molar-refractivity contribution in [3.8, 4) is 0 Å². The van der Waals surface area contributed by atoms with Crippen molar-refractivity contribution in [2.24, 2.45) is 0 Å². The summed E-state index contributed by atoms with van der Waals surface area (Å²) in [6.45, 7) is 0. The van der Waals surface area contributed by atoms with Gasteiger partial charge in [0.15, 0.2) is 0 Å². The number of benzene rings is 2. The fourth-order valence-corrected chi connectivity index (χ4v) is 2.55. The first kappa shape index (κ1) is 14.1. The van der Waals surface area contributed by atoms with E-state index >= 15 is 0 Å². The van der Waals surface area contributed by atoms with Crippen molar-refractivity contribution >= 4 is 34.2 Å². The van der Waals surface area contributed by atoms with E-state index in [2.05, 4.69) is 10.6 Å². The minimum absolute atomic E-state index is 0.0244. The summed E-state index contributed by atoms with van der Waals surface area (Å²) >= 11 is 0. The van der Waals surface area contributed by atoms with E-state index in [0.717, 1.165) is 10.8 Å². The van der Waals surface area contributed by atoms with Crippen LogP contribution in [0.2, 0.25) is 0 Å². The maximum Gasteiger partial charge on any atom is 0.337 e. The van der Waals surface area contributed by atoms with E-state index in [4.69, 9.17) is 0 Å². The third-order valence-corrected chi connectivity index (χ3v) is 3.69. The van der Waals surface area contributed by atoms with Gasteiger partial charge in [0.1, 0.15) is 6.04 Å². The minimum Gasteiger partial charge on any atom is -0.478 e. The summed E-state index contributed by atoms with van der Waals surface area (Å²) in [5.74, 6) is -1.68. The van der Waals surface area contributed by atoms with Crippen LogP contribution in [-0.2, 0) is 9.59 Å². The Hall–Kier alpha value is -2.89. The molecule has 0 bridgehead atoms. The van der Waals surface area contributed by atoms with Crippen molar-refractivity contribution in [2.45, 2.75) is 18.9 Å². The number of aromatic carboxylic acids is 1. The molecule has 3 rings (SSSR count). The zero-order chi connectivity index (χ0) is 15.7. The van der Waals surface area contributed by atoms with E-state index in [9.17, 15) is 19.5 Å². The number of hydrogen-bond acceptors (Lipinski definition) is 3. The Morgan fingerprint density at radius 2 is 1.86 bits per heavy atom. The van der Waals surface area contributed by atoms with Crippen LogP contribution in [0.3, 0.4) is 0 Å². The monoisotopic (exact) mass is 298 g/mol. The maximum atomic E-state index is 12.2. The molecule has 0 aliphatic carbocycles. The lowest BCUT2D eigenvalue weighted by molar-refractivity contribution is -0.122. The largest absolute Gasteiger partial charge is 0.478 e. The van der Waals surface area contributed by atoms with Crippen LogP contribution >= 0.6 is 0 Å². The highest BCUT2D eigenvalue weighted by atomic mass is 16.4.